The van der Waals surface area contributed by atoms with E-state index < -0.39 is 6.36 Å². The molecular formula is C14H15F3O3. The van der Waals surface area contributed by atoms with Crippen molar-refractivity contribution in [3.8, 4) is 5.75 Å². The van der Waals surface area contributed by atoms with Gasteiger partial charge in [0, 0.05) is 0 Å². The second-order valence-corrected chi connectivity index (χ2v) is 4.84. The first kappa shape index (κ1) is 14.7. The van der Waals surface area contributed by atoms with Crippen LogP contribution in [0.5, 0.6) is 5.75 Å². The Morgan fingerprint density at radius 3 is 2.35 bits per heavy atom. The summed E-state index contributed by atoms with van der Waals surface area (Å²) in [6, 6.07) is 5.70. The van der Waals surface area contributed by atoms with E-state index in [9.17, 15) is 18.0 Å². The molecule has 1 aromatic carbocycles. The fourth-order valence-corrected chi connectivity index (χ4v) is 2.23. The zero-order chi connectivity index (χ0) is 14.8. The number of alkyl halides is 3. The zero-order valence-electron chi connectivity index (χ0n) is 10.9. The molecule has 20 heavy (non-hydrogen) atoms. The number of methoxy groups -OCH3 is 1. The van der Waals surface area contributed by atoms with E-state index in [1.165, 1.54) is 19.2 Å². The minimum absolute atomic E-state index is 0.00221. The number of carbonyl (C=O) groups excluding carboxylic acids is 1. The van der Waals surface area contributed by atoms with Gasteiger partial charge in [0.15, 0.2) is 0 Å². The molecule has 1 aliphatic carbocycles. The van der Waals surface area contributed by atoms with Crippen molar-refractivity contribution in [1.82, 2.24) is 0 Å². The lowest BCUT2D eigenvalue weighted by atomic mass is 9.91. The molecule has 0 aromatic heterocycles. The van der Waals surface area contributed by atoms with Crippen LogP contribution in [-0.2, 0) is 9.53 Å². The number of ether oxygens (including phenoxy) is 2. The highest BCUT2D eigenvalue weighted by molar-refractivity contribution is 5.70. The number of carbonyl (C=O) groups is 1. The average Bonchev–Trinajstić information content (AvgIpc) is 3.19. The van der Waals surface area contributed by atoms with Gasteiger partial charge in [-0.25, -0.2) is 0 Å². The van der Waals surface area contributed by atoms with Crippen LogP contribution in [0.25, 0.3) is 0 Å². The molecular weight excluding hydrogens is 273 g/mol. The maximum absolute atomic E-state index is 12.1. The van der Waals surface area contributed by atoms with Gasteiger partial charge < -0.3 is 9.47 Å². The first-order valence-electron chi connectivity index (χ1n) is 6.31. The van der Waals surface area contributed by atoms with Crippen LogP contribution in [0.1, 0.15) is 30.7 Å². The summed E-state index contributed by atoms with van der Waals surface area (Å²) in [5.41, 5.74) is 0.840. The molecule has 1 saturated carbocycles. The number of hydrogen-bond acceptors (Lipinski definition) is 3. The summed E-state index contributed by atoms with van der Waals surface area (Å²) < 4.78 is 44.7. The number of esters is 1. The van der Waals surface area contributed by atoms with Crippen molar-refractivity contribution in [2.24, 2.45) is 5.92 Å². The third kappa shape index (κ3) is 4.15. The minimum atomic E-state index is -4.69. The predicted octanol–water partition coefficient (Wildman–Crippen LogP) is 3.64. The Hall–Kier alpha value is -1.72. The van der Waals surface area contributed by atoms with Crippen molar-refractivity contribution in [2.75, 3.05) is 7.11 Å². The minimum Gasteiger partial charge on any atom is -0.469 e. The monoisotopic (exact) mass is 288 g/mol. The van der Waals surface area contributed by atoms with Crippen LogP contribution >= 0.6 is 0 Å². The lowest BCUT2D eigenvalue weighted by Crippen LogP contribution is -2.17. The molecule has 1 unspecified atom stereocenters. The molecule has 0 N–H and O–H groups in total. The van der Waals surface area contributed by atoms with Gasteiger partial charge in [0.25, 0.3) is 0 Å². The number of benzene rings is 1. The lowest BCUT2D eigenvalue weighted by molar-refractivity contribution is -0.274. The van der Waals surface area contributed by atoms with Crippen molar-refractivity contribution >= 4 is 5.97 Å². The summed E-state index contributed by atoms with van der Waals surface area (Å²) >= 11 is 0. The topological polar surface area (TPSA) is 35.5 Å². The molecule has 0 spiro atoms. The quantitative estimate of drug-likeness (QED) is 0.776. The molecule has 0 radical (unpaired) electrons. The van der Waals surface area contributed by atoms with Crippen LogP contribution in [0, 0.1) is 5.92 Å². The molecule has 0 saturated heterocycles. The molecule has 1 aliphatic rings. The molecule has 0 heterocycles. The Bertz CT molecular complexity index is 464. The van der Waals surface area contributed by atoms with Crippen LogP contribution in [0.3, 0.4) is 0 Å². The second-order valence-electron chi connectivity index (χ2n) is 4.84. The number of halogens is 3. The summed E-state index contributed by atoms with van der Waals surface area (Å²) in [5.74, 6) is -0.155. The molecule has 6 heteroatoms. The molecule has 0 aliphatic heterocycles. The van der Waals surface area contributed by atoms with Gasteiger partial charge in [-0.2, -0.15) is 0 Å². The molecule has 1 atom stereocenters. The van der Waals surface area contributed by atoms with Crippen LogP contribution in [0.2, 0.25) is 0 Å². The van der Waals surface area contributed by atoms with E-state index in [1.807, 2.05) is 0 Å². The summed E-state index contributed by atoms with van der Waals surface area (Å²) in [7, 11) is 1.33. The Balaban J connectivity index is 2.08. The van der Waals surface area contributed by atoms with Crippen LogP contribution in [-0.4, -0.2) is 19.4 Å². The van der Waals surface area contributed by atoms with Gasteiger partial charge in [-0.05, 0) is 42.4 Å². The van der Waals surface area contributed by atoms with Gasteiger partial charge in [0.05, 0.1) is 13.5 Å². The van der Waals surface area contributed by atoms with E-state index in [0.717, 1.165) is 18.4 Å². The molecule has 1 fully saturated rings. The summed E-state index contributed by atoms with van der Waals surface area (Å²) in [6.07, 6.45) is -2.38. The van der Waals surface area contributed by atoms with E-state index in [0.29, 0.717) is 5.92 Å². The van der Waals surface area contributed by atoms with Crippen molar-refractivity contribution in [3.63, 3.8) is 0 Å². The van der Waals surface area contributed by atoms with E-state index in [1.54, 1.807) is 12.1 Å². The van der Waals surface area contributed by atoms with Gasteiger partial charge in [-0.3, -0.25) is 4.79 Å². The van der Waals surface area contributed by atoms with E-state index >= 15 is 0 Å². The molecule has 2 rings (SSSR count). The average molecular weight is 288 g/mol. The molecule has 110 valence electrons. The summed E-state index contributed by atoms with van der Waals surface area (Å²) in [4.78, 5) is 11.4. The van der Waals surface area contributed by atoms with Crippen molar-refractivity contribution in [1.29, 1.82) is 0 Å². The van der Waals surface area contributed by atoms with Gasteiger partial charge >= 0.3 is 12.3 Å². The first-order chi connectivity index (χ1) is 9.39. The fraction of sp³-hybridized carbons (Fsp3) is 0.500. The SMILES string of the molecule is COC(=O)CC(c1ccc(OC(F)(F)F)cc1)C1CC1. The number of hydrogen-bond donors (Lipinski definition) is 0. The van der Waals surface area contributed by atoms with E-state index in [2.05, 4.69) is 9.47 Å². The van der Waals surface area contributed by atoms with Gasteiger partial charge in [0.1, 0.15) is 5.75 Å². The molecule has 3 nitrogen and oxygen atoms in total. The summed E-state index contributed by atoms with van der Waals surface area (Å²) in [6.45, 7) is 0. The van der Waals surface area contributed by atoms with Crippen molar-refractivity contribution in [2.45, 2.75) is 31.5 Å². The predicted molar refractivity (Wildman–Crippen MR) is 65.2 cm³/mol. The highest BCUT2D eigenvalue weighted by atomic mass is 19.4. The summed E-state index contributed by atoms with van der Waals surface area (Å²) in [5, 5.41) is 0. The zero-order valence-corrected chi connectivity index (χ0v) is 10.9. The van der Waals surface area contributed by atoms with Crippen LogP contribution in [0.4, 0.5) is 13.2 Å². The highest BCUT2D eigenvalue weighted by Gasteiger charge is 2.34. The second kappa shape index (κ2) is 5.73. The van der Waals surface area contributed by atoms with Gasteiger partial charge in [-0.15, -0.1) is 13.2 Å². The Morgan fingerprint density at radius 1 is 1.30 bits per heavy atom. The Kier molecular flexibility index (Phi) is 4.20. The highest BCUT2D eigenvalue weighted by Crippen LogP contribution is 2.45. The normalized spacial score (nSPS) is 16.6. The fourth-order valence-electron chi connectivity index (χ4n) is 2.23. The maximum Gasteiger partial charge on any atom is 0.573 e. The molecule has 0 bridgehead atoms. The largest absolute Gasteiger partial charge is 0.573 e. The Labute approximate surface area is 114 Å². The van der Waals surface area contributed by atoms with Gasteiger partial charge in [-0.1, -0.05) is 12.1 Å². The third-order valence-electron chi connectivity index (χ3n) is 3.35. The van der Waals surface area contributed by atoms with E-state index in [4.69, 9.17) is 0 Å². The maximum atomic E-state index is 12.1. The standard InChI is InChI=1S/C14H15F3O3/c1-19-13(18)8-12(9-2-3-9)10-4-6-11(7-5-10)20-14(15,16)17/h4-7,9,12H,2-3,8H2,1H3. The first-order valence-corrected chi connectivity index (χ1v) is 6.31. The number of rotatable bonds is 5. The lowest BCUT2D eigenvalue weighted by Gasteiger charge is -2.16. The Morgan fingerprint density at radius 2 is 1.90 bits per heavy atom. The van der Waals surface area contributed by atoms with Crippen LogP contribution in [0.15, 0.2) is 24.3 Å². The molecule has 0 amide bonds. The van der Waals surface area contributed by atoms with Crippen molar-refractivity contribution < 1.29 is 27.4 Å². The molecule has 1 aromatic rings. The smallest absolute Gasteiger partial charge is 0.469 e. The van der Waals surface area contributed by atoms with E-state index in [-0.39, 0.29) is 24.1 Å². The van der Waals surface area contributed by atoms with Gasteiger partial charge in [0.2, 0.25) is 0 Å². The third-order valence-corrected chi connectivity index (χ3v) is 3.35. The van der Waals surface area contributed by atoms with Crippen molar-refractivity contribution in [3.05, 3.63) is 29.8 Å². The van der Waals surface area contributed by atoms with Crippen LogP contribution < -0.4 is 4.74 Å².